The standard InChI is InChI=1S/C19H18N2O/c1-14-6-8-15(9-7-14)10-11-19(22)21-17-12-16-4-2-3-5-18(16)20-13-17/h2-9,12-13H,10-11H2,1H3,(H,21,22). The monoisotopic (exact) mass is 290 g/mol. The number of anilines is 1. The first-order valence-corrected chi connectivity index (χ1v) is 7.41. The predicted octanol–water partition coefficient (Wildman–Crippen LogP) is 4.11. The fourth-order valence-electron chi connectivity index (χ4n) is 2.38. The van der Waals surface area contributed by atoms with Crippen LogP contribution >= 0.6 is 0 Å². The molecule has 3 aromatic rings. The maximum absolute atomic E-state index is 12.0. The second-order valence-corrected chi connectivity index (χ2v) is 5.45. The predicted molar refractivity (Wildman–Crippen MR) is 89.9 cm³/mol. The van der Waals surface area contributed by atoms with Gasteiger partial charge < -0.3 is 5.32 Å². The molecule has 110 valence electrons. The molecule has 1 amide bonds. The highest BCUT2D eigenvalue weighted by Crippen LogP contribution is 2.16. The van der Waals surface area contributed by atoms with Gasteiger partial charge in [0, 0.05) is 11.8 Å². The molecule has 0 unspecified atom stereocenters. The Hall–Kier alpha value is -2.68. The van der Waals surface area contributed by atoms with Gasteiger partial charge in [0.05, 0.1) is 17.4 Å². The second-order valence-electron chi connectivity index (χ2n) is 5.45. The van der Waals surface area contributed by atoms with Crippen LogP contribution in [-0.4, -0.2) is 10.9 Å². The number of pyridine rings is 1. The van der Waals surface area contributed by atoms with Crippen LogP contribution < -0.4 is 5.32 Å². The number of aromatic nitrogens is 1. The van der Waals surface area contributed by atoms with E-state index in [4.69, 9.17) is 0 Å². The Labute approximate surface area is 130 Å². The largest absolute Gasteiger partial charge is 0.325 e. The second kappa shape index (κ2) is 6.39. The fourth-order valence-corrected chi connectivity index (χ4v) is 2.38. The molecular formula is C19H18N2O. The number of hydrogen-bond donors (Lipinski definition) is 1. The first-order valence-electron chi connectivity index (χ1n) is 7.41. The van der Waals surface area contributed by atoms with Gasteiger partial charge in [0.15, 0.2) is 0 Å². The molecule has 22 heavy (non-hydrogen) atoms. The molecule has 0 saturated carbocycles. The van der Waals surface area contributed by atoms with Gasteiger partial charge in [0.1, 0.15) is 0 Å². The van der Waals surface area contributed by atoms with Gasteiger partial charge in [-0.3, -0.25) is 9.78 Å². The van der Waals surface area contributed by atoms with Crippen LogP contribution in [0.3, 0.4) is 0 Å². The summed E-state index contributed by atoms with van der Waals surface area (Å²) in [6.45, 7) is 2.06. The Morgan fingerprint density at radius 1 is 1.09 bits per heavy atom. The number of benzene rings is 2. The number of aryl methyl sites for hydroxylation is 2. The highest BCUT2D eigenvalue weighted by molar-refractivity contribution is 5.93. The van der Waals surface area contributed by atoms with Gasteiger partial charge in [-0.25, -0.2) is 0 Å². The minimum Gasteiger partial charge on any atom is -0.325 e. The van der Waals surface area contributed by atoms with Crippen molar-refractivity contribution in [3.05, 3.63) is 71.9 Å². The number of amides is 1. The van der Waals surface area contributed by atoms with Crippen molar-refractivity contribution in [2.24, 2.45) is 0 Å². The average Bonchev–Trinajstić information content (AvgIpc) is 2.54. The van der Waals surface area contributed by atoms with Crippen LogP contribution in [0.15, 0.2) is 60.8 Å². The number of nitrogens with zero attached hydrogens (tertiary/aromatic N) is 1. The van der Waals surface area contributed by atoms with Crippen molar-refractivity contribution in [1.29, 1.82) is 0 Å². The molecule has 3 rings (SSSR count). The molecule has 1 aromatic heterocycles. The smallest absolute Gasteiger partial charge is 0.224 e. The molecule has 0 aliphatic rings. The third-order valence-corrected chi connectivity index (χ3v) is 3.64. The van der Waals surface area contributed by atoms with Crippen LogP contribution in [0.5, 0.6) is 0 Å². The molecular weight excluding hydrogens is 272 g/mol. The lowest BCUT2D eigenvalue weighted by atomic mass is 10.1. The Morgan fingerprint density at radius 3 is 2.68 bits per heavy atom. The lowest BCUT2D eigenvalue weighted by molar-refractivity contribution is -0.116. The molecule has 0 spiro atoms. The van der Waals surface area contributed by atoms with Crippen LogP contribution in [0.4, 0.5) is 5.69 Å². The number of fused-ring (bicyclic) bond motifs is 1. The first kappa shape index (κ1) is 14.3. The zero-order valence-electron chi connectivity index (χ0n) is 12.5. The molecule has 0 atom stereocenters. The third-order valence-electron chi connectivity index (χ3n) is 3.64. The number of rotatable bonds is 4. The van der Waals surface area contributed by atoms with E-state index in [1.54, 1.807) is 6.20 Å². The van der Waals surface area contributed by atoms with Gasteiger partial charge in [-0.1, -0.05) is 48.0 Å². The van der Waals surface area contributed by atoms with E-state index in [1.807, 2.05) is 30.3 Å². The highest BCUT2D eigenvalue weighted by atomic mass is 16.1. The Balaban J connectivity index is 1.61. The van der Waals surface area contributed by atoms with Crippen LogP contribution in [0, 0.1) is 6.92 Å². The molecule has 0 fully saturated rings. The summed E-state index contributed by atoms with van der Waals surface area (Å²) in [4.78, 5) is 16.4. The van der Waals surface area contributed by atoms with Crippen LogP contribution in [-0.2, 0) is 11.2 Å². The highest BCUT2D eigenvalue weighted by Gasteiger charge is 2.04. The molecule has 0 bridgehead atoms. The molecule has 1 N–H and O–H groups in total. The maximum atomic E-state index is 12.0. The summed E-state index contributed by atoms with van der Waals surface area (Å²) in [7, 11) is 0. The summed E-state index contributed by atoms with van der Waals surface area (Å²) in [6.07, 6.45) is 2.91. The van der Waals surface area contributed by atoms with Gasteiger partial charge in [0.25, 0.3) is 0 Å². The molecule has 0 radical (unpaired) electrons. The van der Waals surface area contributed by atoms with Gasteiger partial charge in [-0.05, 0) is 31.0 Å². The van der Waals surface area contributed by atoms with E-state index < -0.39 is 0 Å². The van der Waals surface area contributed by atoms with E-state index in [0.717, 1.165) is 23.0 Å². The quantitative estimate of drug-likeness (QED) is 0.785. The Kier molecular flexibility index (Phi) is 4.15. The van der Waals surface area contributed by atoms with Crippen molar-refractivity contribution in [2.75, 3.05) is 5.32 Å². The van der Waals surface area contributed by atoms with Crippen LogP contribution in [0.1, 0.15) is 17.5 Å². The minimum absolute atomic E-state index is 0.0117. The Morgan fingerprint density at radius 2 is 1.86 bits per heavy atom. The van der Waals surface area contributed by atoms with Gasteiger partial charge in [0.2, 0.25) is 5.91 Å². The average molecular weight is 290 g/mol. The summed E-state index contributed by atoms with van der Waals surface area (Å²) in [5.41, 5.74) is 4.08. The molecule has 2 aromatic carbocycles. The lowest BCUT2D eigenvalue weighted by Crippen LogP contribution is -2.12. The van der Waals surface area contributed by atoms with E-state index in [0.29, 0.717) is 6.42 Å². The first-order chi connectivity index (χ1) is 10.7. The fraction of sp³-hybridized carbons (Fsp3) is 0.158. The normalized spacial score (nSPS) is 10.6. The topological polar surface area (TPSA) is 42.0 Å². The van der Waals surface area contributed by atoms with E-state index in [9.17, 15) is 4.79 Å². The molecule has 0 saturated heterocycles. The Bertz CT molecular complexity index is 794. The number of hydrogen-bond acceptors (Lipinski definition) is 2. The van der Waals surface area contributed by atoms with Gasteiger partial charge in [-0.2, -0.15) is 0 Å². The van der Waals surface area contributed by atoms with E-state index >= 15 is 0 Å². The molecule has 3 nitrogen and oxygen atoms in total. The SMILES string of the molecule is Cc1ccc(CCC(=O)Nc2cnc3ccccc3c2)cc1. The summed E-state index contributed by atoms with van der Waals surface area (Å²) < 4.78 is 0. The van der Waals surface area contributed by atoms with Crippen molar-refractivity contribution in [3.8, 4) is 0 Å². The lowest BCUT2D eigenvalue weighted by Gasteiger charge is -2.06. The molecule has 0 aliphatic carbocycles. The number of carbonyl (C=O) groups excluding carboxylic acids is 1. The van der Waals surface area contributed by atoms with Crippen molar-refractivity contribution in [2.45, 2.75) is 19.8 Å². The van der Waals surface area contributed by atoms with Crippen molar-refractivity contribution < 1.29 is 4.79 Å². The third kappa shape index (κ3) is 3.50. The van der Waals surface area contributed by atoms with E-state index in [2.05, 4.69) is 41.5 Å². The molecule has 3 heteroatoms. The van der Waals surface area contributed by atoms with Gasteiger partial charge >= 0.3 is 0 Å². The summed E-state index contributed by atoms with van der Waals surface area (Å²) in [5.74, 6) is 0.0117. The maximum Gasteiger partial charge on any atom is 0.224 e. The zero-order chi connectivity index (χ0) is 15.4. The van der Waals surface area contributed by atoms with Gasteiger partial charge in [-0.15, -0.1) is 0 Å². The zero-order valence-corrected chi connectivity index (χ0v) is 12.5. The molecule has 1 heterocycles. The summed E-state index contributed by atoms with van der Waals surface area (Å²) in [6, 6.07) is 18.1. The molecule has 0 aliphatic heterocycles. The van der Waals surface area contributed by atoms with Crippen molar-refractivity contribution >= 4 is 22.5 Å². The summed E-state index contributed by atoms with van der Waals surface area (Å²) >= 11 is 0. The van der Waals surface area contributed by atoms with Crippen molar-refractivity contribution in [3.63, 3.8) is 0 Å². The minimum atomic E-state index is 0.0117. The summed E-state index contributed by atoms with van der Waals surface area (Å²) in [5, 5.41) is 3.94. The number of para-hydroxylation sites is 1. The number of carbonyl (C=O) groups is 1. The van der Waals surface area contributed by atoms with Crippen LogP contribution in [0.25, 0.3) is 10.9 Å². The van der Waals surface area contributed by atoms with Crippen molar-refractivity contribution in [1.82, 2.24) is 4.98 Å². The van der Waals surface area contributed by atoms with E-state index in [-0.39, 0.29) is 5.91 Å². The number of nitrogens with one attached hydrogen (secondary N) is 1. The van der Waals surface area contributed by atoms with Crippen LogP contribution in [0.2, 0.25) is 0 Å². The van der Waals surface area contributed by atoms with E-state index in [1.165, 1.54) is 11.1 Å².